The fourth-order valence-corrected chi connectivity index (χ4v) is 2.97. The molecule has 0 aliphatic carbocycles. The normalized spacial score (nSPS) is 10.7. The minimum Gasteiger partial charge on any atom is -0.355 e. The number of carbonyl (C=O) groups is 1. The number of hydrogen-bond donors (Lipinski definition) is 1. The number of hydrogen-bond acceptors (Lipinski definition) is 6. The van der Waals surface area contributed by atoms with Crippen molar-refractivity contribution in [1.29, 1.82) is 0 Å². The number of halogens is 1. The summed E-state index contributed by atoms with van der Waals surface area (Å²) in [6, 6.07) is 8.70. The highest BCUT2D eigenvalue weighted by molar-refractivity contribution is 7.15. The van der Waals surface area contributed by atoms with E-state index < -0.39 is 0 Å². The van der Waals surface area contributed by atoms with Crippen molar-refractivity contribution in [3.63, 3.8) is 0 Å². The minimum atomic E-state index is -0.388. The molecule has 0 aliphatic rings. The van der Waals surface area contributed by atoms with Crippen molar-refractivity contribution in [1.82, 2.24) is 15.4 Å². The highest BCUT2D eigenvalue weighted by Gasteiger charge is 2.16. The topological polar surface area (TPSA) is 80.9 Å². The highest BCUT2D eigenvalue weighted by Crippen LogP contribution is 2.24. The van der Waals surface area contributed by atoms with Crippen LogP contribution in [0.3, 0.4) is 0 Å². The molecule has 0 unspecified atom stereocenters. The van der Waals surface area contributed by atoms with Crippen LogP contribution in [0.5, 0.6) is 0 Å². The number of carbonyl (C=O) groups excluding carboxylic acids is 1. The number of aromatic nitrogens is 3. The third kappa shape index (κ3) is 3.75. The lowest BCUT2D eigenvalue weighted by Gasteiger charge is -1.95. The molecule has 0 bridgehead atoms. The van der Waals surface area contributed by atoms with Crippen molar-refractivity contribution in [3.05, 3.63) is 46.1 Å². The first kappa shape index (κ1) is 15.6. The van der Waals surface area contributed by atoms with Gasteiger partial charge in [0.15, 0.2) is 11.5 Å². The molecular weight excluding hydrogens is 336 g/mol. The van der Waals surface area contributed by atoms with Crippen molar-refractivity contribution in [2.75, 3.05) is 5.32 Å². The Bertz CT molecular complexity index is 830. The molecule has 6 nitrogen and oxygen atoms in total. The van der Waals surface area contributed by atoms with Crippen LogP contribution in [0, 0.1) is 0 Å². The van der Waals surface area contributed by atoms with Gasteiger partial charge in [-0.1, -0.05) is 47.2 Å². The second-order valence-corrected chi connectivity index (χ2v) is 6.29. The fraction of sp³-hybridized carbons (Fsp3) is 0.200. The summed E-state index contributed by atoms with van der Waals surface area (Å²) in [6.45, 7) is 2.06. The summed E-state index contributed by atoms with van der Waals surface area (Å²) in [7, 11) is 0. The molecule has 3 rings (SSSR count). The Balaban J connectivity index is 1.73. The smallest absolute Gasteiger partial charge is 0.279 e. The van der Waals surface area contributed by atoms with Gasteiger partial charge in [0, 0.05) is 23.1 Å². The predicted octanol–water partition coefficient (Wildman–Crippen LogP) is 4.05. The van der Waals surface area contributed by atoms with Crippen LogP contribution in [-0.2, 0) is 6.42 Å². The van der Waals surface area contributed by atoms with Crippen LogP contribution < -0.4 is 5.32 Å². The summed E-state index contributed by atoms with van der Waals surface area (Å²) >= 11 is 7.30. The Kier molecular flexibility index (Phi) is 4.68. The number of nitrogens with one attached hydrogen (secondary N) is 1. The zero-order valence-corrected chi connectivity index (χ0v) is 13.8. The largest absolute Gasteiger partial charge is 0.355 e. The van der Waals surface area contributed by atoms with E-state index in [1.54, 1.807) is 24.3 Å². The minimum absolute atomic E-state index is 0.173. The van der Waals surface area contributed by atoms with E-state index in [0.717, 1.165) is 23.4 Å². The lowest BCUT2D eigenvalue weighted by molar-refractivity contribution is 0.101. The first-order chi connectivity index (χ1) is 11.2. The number of amides is 1. The number of rotatable bonds is 5. The molecule has 0 atom stereocenters. The third-order valence-corrected chi connectivity index (χ3v) is 4.14. The fourth-order valence-electron chi connectivity index (χ4n) is 1.94. The molecule has 2 aromatic heterocycles. The van der Waals surface area contributed by atoms with Gasteiger partial charge in [0.1, 0.15) is 5.01 Å². The van der Waals surface area contributed by atoms with Gasteiger partial charge in [-0.15, -0.1) is 10.2 Å². The molecule has 8 heteroatoms. The number of benzene rings is 1. The average molecular weight is 349 g/mol. The molecule has 1 amide bonds. The maximum Gasteiger partial charge on any atom is 0.279 e. The number of nitrogens with zero attached hydrogens (tertiary/aromatic N) is 3. The summed E-state index contributed by atoms with van der Waals surface area (Å²) in [6.07, 6.45) is 1.82. The van der Waals surface area contributed by atoms with Gasteiger partial charge in [0.2, 0.25) is 5.13 Å². The van der Waals surface area contributed by atoms with E-state index in [0.29, 0.717) is 15.9 Å². The Morgan fingerprint density at radius 2 is 2.22 bits per heavy atom. The summed E-state index contributed by atoms with van der Waals surface area (Å²) in [5.41, 5.74) is 0.928. The van der Waals surface area contributed by atoms with Crippen LogP contribution in [0.2, 0.25) is 5.02 Å². The second-order valence-electron chi connectivity index (χ2n) is 4.79. The zero-order valence-electron chi connectivity index (χ0n) is 12.2. The number of anilines is 1. The van der Waals surface area contributed by atoms with Crippen LogP contribution in [0.4, 0.5) is 5.13 Å². The highest BCUT2D eigenvalue weighted by atomic mass is 35.5. The molecule has 3 aromatic rings. The Hall–Kier alpha value is -2.25. The Morgan fingerprint density at radius 3 is 3.00 bits per heavy atom. The third-order valence-electron chi connectivity index (χ3n) is 3.00. The van der Waals surface area contributed by atoms with E-state index in [4.69, 9.17) is 16.1 Å². The summed E-state index contributed by atoms with van der Waals surface area (Å²) in [5, 5.41) is 16.3. The van der Waals surface area contributed by atoms with E-state index in [1.807, 2.05) is 6.07 Å². The van der Waals surface area contributed by atoms with Crippen LogP contribution in [-0.4, -0.2) is 21.3 Å². The first-order valence-corrected chi connectivity index (χ1v) is 8.21. The van der Waals surface area contributed by atoms with Crippen LogP contribution in [0.15, 0.2) is 34.9 Å². The molecule has 0 spiro atoms. The van der Waals surface area contributed by atoms with E-state index in [1.165, 1.54) is 11.3 Å². The molecule has 23 heavy (non-hydrogen) atoms. The van der Waals surface area contributed by atoms with E-state index >= 15 is 0 Å². The molecule has 1 aromatic carbocycles. The van der Waals surface area contributed by atoms with Crippen LogP contribution in [0.25, 0.3) is 11.3 Å². The Labute approximate surface area is 141 Å². The van der Waals surface area contributed by atoms with Crippen LogP contribution >= 0.6 is 22.9 Å². The molecular formula is C15H13ClN4O2S. The molecule has 118 valence electrons. The maximum atomic E-state index is 12.2. The first-order valence-electron chi connectivity index (χ1n) is 7.02. The van der Waals surface area contributed by atoms with Crippen molar-refractivity contribution in [2.45, 2.75) is 19.8 Å². The maximum absolute atomic E-state index is 12.2. The van der Waals surface area contributed by atoms with Crippen molar-refractivity contribution >= 4 is 34.0 Å². The molecule has 0 saturated heterocycles. The molecule has 1 N–H and O–H groups in total. The van der Waals surface area contributed by atoms with Crippen molar-refractivity contribution in [2.24, 2.45) is 0 Å². The monoisotopic (exact) mass is 348 g/mol. The van der Waals surface area contributed by atoms with Gasteiger partial charge in [-0.25, -0.2) is 0 Å². The average Bonchev–Trinajstić information content (AvgIpc) is 3.17. The number of aryl methyl sites for hydroxylation is 1. The van der Waals surface area contributed by atoms with Gasteiger partial charge in [-0.3, -0.25) is 10.1 Å². The standard InChI is InChI=1S/C15H13ClN4O2S/c1-2-4-13-18-19-15(23-13)17-14(21)11-8-12(22-20-11)9-5-3-6-10(16)7-9/h3,5-8H,2,4H2,1H3,(H,17,19,21). The van der Waals surface area contributed by atoms with Gasteiger partial charge in [0.25, 0.3) is 5.91 Å². The van der Waals surface area contributed by atoms with Gasteiger partial charge in [-0.2, -0.15) is 0 Å². The predicted molar refractivity (Wildman–Crippen MR) is 88.8 cm³/mol. The molecule has 0 saturated carbocycles. The van der Waals surface area contributed by atoms with E-state index in [-0.39, 0.29) is 11.6 Å². The molecule has 0 fully saturated rings. The van der Waals surface area contributed by atoms with Crippen molar-refractivity contribution < 1.29 is 9.32 Å². The molecule has 2 heterocycles. The molecule has 0 aliphatic heterocycles. The SMILES string of the molecule is CCCc1nnc(NC(=O)c2cc(-c3cccc(Cl)c3)on2)s1. The van der Waals surface area contributed by atoms with Gasteiger partial charge < -0.3 is 4.52 Å². The summed E-state index contributed by atoms with van der Waals surface area (Å²) in [4.78, 5) is 12.2. The van der Waals surface area contributed by atoms with Crippen molar-refractivity contribution in [3.8, 4) is 11.3 Å². The lowest BCUT2D eigenvalue weighted by atomic mass is 10.1. The van der Waals surface area contributed by atoms with Gasteiger partial charge in [0.05, 0.1) is 0 Å². The lowest BCUT2D eigenvalue weighted by Crippen LogP contribution is -2.11. The van der Waals surface area contributed by atoms with E-state index in [9.17, 15) is 4.79 Å². The van der Waals surface area contributed by atoms with Gasteiger partial charge >= 0.3 is 0 Å². The Morgan fingerprint density at radius 1 is 1.35 bits per heavy atom. The van der Waals surface area contributed by atoms with Crippen LogP contribution in [0.1, 0.15) is 28.8 Å². The van der Waals surface area contributed by atoms with Gasteiger partial charge in [-0.05, 0) is 18.6 Å². The molecule has 0 radical (unpaired) electrons. The second kappa shape index (κ2) is 6.89. The quantitative estimate of drug-likeness (QED) is 0.752. The van der Waals surface area contributed by atoms with E-state index in [2.05, 4.69) is 27.6 Å². The summed E-state index contributed by atoms with van der Waals surface area (Å²) < 4.78 is 5.21. The summed E-state index contributed by atoms with van der Waals surface area (Å²) in [5.74, 6) is 0.0859. The zero-order chi connectivity index (χ0) is 16.2.